The fourth-order valence-corrected chi connectivity index (χ4v) is 5.95. The summed E-state index contributed by atoms with van der Waals surface area (Å²) < 4.78 is 34.7. The fraction of sp³-hybridized carbons (Fsp3) is 0.129. The molecule has 0 saturated carbocycles. The Morgan fingerprint density at radius 1 is 0.923 bits per heavy atom. The second-order valence-corrected chi connectivity index (χ2v) is 11.2. The highest BCUT2D eigenvalue weighted by atomic mass is 32.2. The number of aryl methyl sites for hydroxylation is 1. The summed E-state index contributed by atoms with van der Waals surface area (Å²) in [5.74, 6) is -0.483. The molecule has 3 N–H and O–H groups in total. The van der Waals surface area contributed by atoms with Crippen LogP contribution in [0.1, 0.15) is 22.3 Å². The third kappa shape index (κ3) is 5.43. The molecule has 0 aliphatic heterocycles. The summed E-state index contributed by atoms with van der Waals surface area (Å²) in [6.07, 6.45) is 1.41. The van der Waals surface area contributed by atoms with E-state index in [1.807, 2.05) is 37.3 Å². The normalized spacial score (nSPS) is 11.5. The highest BCUT2D eigenvalue weighted by molar-refractivity contribution is 7.90. The van der Waals surface area contributed by atoms with Crippen molar-refractivity contribution < 1.29 is 23.1 Å². The molecule has 1 aromatic heterocycles. The first-order valence-corrected chi connectivity index (χ1v) is 13.9. The first-order valence-electron chi connectivity index (χ1n) is 12.4. The lowest BCUT2D eigenvalue weighted by atomic mass is 9.97. The van der Waals surface area contributed by atoms with Crippen LogP contribution in [-0.4, -0.2) is 23.5 Å². The molecule has 0 amide bonds. The molecule has 4 aromatic carbocycles. The van der Waals surface area contributed by atoms with Gasteiger partial charge in [0.05, 0.1) is 16.8 Å². The number of fused-ring (bicyclic) bond motifs is 1. The summed E-state index contributed by atoms with van der Waals surface area (Å²) in [6.45, 7) is 2.40. The molecule has 0 aliphatic rings. The molecule has 0 radical (unpaired) electrons. The van der Waals surface area contributed by atoms with Crippen molar-refractivity contribution in [2.45, 2.75) is 31.4 Å². The zero-order valence-corrected chi connectivity index (χ0v) is 22.2. The summed E-state index contributed by atoms with van der Waals surface area (Å²) in [5.41, 5.74) is 11.4. The minimum atomic E-state index is -3.86. The van der Waals surface area contributed by atoms with Crippen molar-refractivity contribution >= 4 is 26.9 Å². The van der Waals surface area contributed by atoms with E-state index in [9.17, 15) is 18.3 Å². The Hall–Kier alpha value is -4.40. The van der Waals surface area contributed by atoms with Crippen LogP contribution in [0.5, 0.6) is 5.75 Å². The van der Waals surface area contributed by atoms with Gasteiger partial charge in [0, 0.05) is 23.7 Å². The molecule has 198 valence electrons. The standard InChI is InChI=1S/C31H28N2O5S/c1-21-9-11-26(12-10-21)39(36,37)33-14-13-27-28(24-7-4-5-22(15-24)19-32)16-23(17-29(27)33)20-38-30-8-3-2-6-25(30)18-31(34)35/h2-17H,18-20,32H2,1H3,(H,34,35). The second kappa shape index (κ2) is 10.8. The van der Waals surface area contributed by atoms with E-state index in [2.05, 4.69) is 0 Å². The van der Waals surface area contributed by atoms with Crippen molar-refractivity contribution in [2.24, 2.45) is 5.73 Å². The lowest BCUT2D eigenvalue weighted by molar-refractivity contribution is -0.136. The molecule has 0 fully saturated rings. The molecule has 5 aromatic rings. The number of aliphatic carboxylic acids is 1. The zero-order valence-electron chi connectivity index (χ0n) is 21.4. The van der Waals surface area contributed by atoms with E-state index in [1.165, 1.54) is 3.97 Å². The van der Waals surface area contributed by atoms with Gasteiger partial charge in [-0.3, -0.25) is 4.79 Å². The topological polar surface area (TPSA) is 112 Å². The molecular formula is C31H28N2O5S. The minimum absolute atomic E-state index is 0.117. The Bertz CT molecular complexity index is 1770. The largest absolute Gasteiger partial charge is 0.489 e. The van der Waals surface area contributed by atoms with Gasteiger partial charge in [0.1, 0.15) is 12.4 Å². The maximum Gasteiger partial charge on any atom is 0.307 e. The maximum atomic E-state index is 13.7. The van der Waals surface area contributed by atoms with Gasteiger partial charge in [-0.25, -0.2) is 12.4 Å². The number of hydrogen-bond acceptors (Lipinski definition) is 5. The van der Waals surface area contributed by atoms with Crippen molar-refractivity contribution in [1.29, 1.82) is 0 Å². The summed E-state index contributed by atoms with van der Waals surface area (Å²) in [7, 11) is -3.86. The summed E-state index contributed by atoms with van der Waals surface area (Å²) in [6, 6.07) is 27.2. The van der Waals surface area contributed by atoms with Crippen LogP contribution in [0.15, 0.2) is 102 Å². The number of nitrogens with two attached hydrogens (primary N) is 1. The average molecular weight is 541 g/mol. The summed E-state index contributed by atoms with van der Waals surface area (Å²) in [4.78, 5) is 11.5. The van der Waals surface area contributed by atoms with E-state index in [0.29, 0.717) is 23.4 Å². The average Bonchev–Trinajstić information content (AvgIpc) is 3.37. The van der Waals surface area contributed by atoms with Crippen LogP contribution in [-0.2, 0) is 34.4 Å². The molecule has 1 heterocycles. The van der Waals surface area contributed by atoms with Crippen LogP contribution in [0.25, 0.3) is 22.0 Å². The Morgan fingerprint density at radius 2 is 1.69 bits per heavy atom. The fourth-order valence-electron chi connectivity index (χ4n) is 4.61. The highest BCUT2D eigenvalue weighted by Crippen LogP contribution is 2.34. The van der Waals surface area contributed by atoms with Crippen molar-refractivity contribution in [3.63, 3.8) is 0 Å². The maximum absolute atomic E-state index is 13.7. The molecular weight excluding hydrogens is 512 g/mol. The predicted molar refractivity (Wildman–Crippen MR) is 151 cm³/mol. The number of hydrogen-bond donors (Lipinski definition) is 2. The second-order valence-electron chi connectivity index (χ2n) is 9.38. The number of benzene rings is 4. The van der Waals surface area contributed by atoms with E-state index in [0.717, 1.165) is 33.2 Å². The smallest absolute Gasteiger partial charge is 0.307 e. The highest BCUT2D eigenvalue weighted by Gasteiger charge is 2.21. The molecule has 0 spiro atoms. The van der Waals surface area contributed by atoms with E-state index in [1.54, 1.807) is 66.9 Å². The Labute approximate surface area is 227 Å². The van der Waals surface area contributed by atoms with Gasteiger partial charge in [-0.2, -0.15) is 0 Å². The predicted octanol–water partition coefficient (Wildman–Crippen LogP) is 5.52. The zero-order chi connectivity index (χ0) is 27.6. The Balaban J connectivity index is 1.63. The van der Waals surface area contributed by atoms with Gasteiger partial charge in [0.15, 0.2) is 0 Å². The third-order valence-electron chi connectivity index (χ3n) is 6.59. The first-order chi connectivity index (χ1) is 18.8. The molecule has 7 nitrogen and oxygen atoms in total. The molecule has 39 heavy (non-hydrogen) atoms. The van der Waals surface area contributed by atoms with Crippen molar-refractivity contribution in [2.75, 3.05) is 0 Å². The lowest BCUT2D eigenvalue weighted by Gasteiger charge is -2.14. The van der Waals surface area contributed by atoms with Gasteiger partial charge in [-0.15, -0.1) is 0 Å². The number of carboxylic acids is 1. The molecule has 5 rings (SSSR count). The Kier molecular flexibility index (Phi) is 7.24. The number of carboxylic acid groups (broad SMARTS) is 1. The molecule has 0 saturated heterocycles. The van der Waals surface area contributed by atoms with Crippen molar-refractivity contribution in [1.82, 2.24) is 3.97 Å². The number of ether oxygens (including phenoxy) is 1. The minimum Gasteiger partial charge on any atom is -0.489 e. The van der Waals surface area contributed by atoms with Crippen LogP contribution >= 0.6 is 0 Å². The number of nitrogens with zero attached hydrogens (tertiary/aromatic N) is 1. The summed E-state index contributed by atoms with van der Waals surface area (Å²) in [5, 5.41) is 10.0. The first kappa shape index (κ1) is 26.2. The van der Waals surface area contributed by atoms with Gasteiger partial charge in [0.2, 0.25) is 0 Å². The van der Waals surface area contributed by atoms with E-state index < -0.39 is 16.0 Å². The van der Waals surface area contributed by atoms with Crippen LogP contribution < -0.4 is 10.5 Å². The van der Waals surface area contributed by atoms with Gasteiger partial charge in [0.25, 0.3) is 10.0 Å². The van der Waals surface area contributed by atoms with E-state index >= 15 is 0 Å². The number of carbonyl (C=O) groups is 1. The van der Waals surface area contributed by atoms with Crippen LogP contribution in [0.4, 0.5) is 0 Å². The van der Waals surface area contributed by atoms with Crippen LogP contribution in [0, 0.1) is 6.92 Å². The SMILES string of the molecule is Cc1ccc(S(=O)(=O)n2ccc3c(-c4cccc(CN)c4)cc(COc4ccccc4CC(=O)O)cc32)cc1. The van der Waals surface area contributed by atoms with Crippen molar-refractivity contribution in [3.8, 4) is 16.9 Å². The van der Waals surface area contributed by atoms with Gasteiger partial charge >= 0.3 is 5.97 Å². The van der Waals surface area contributed by atoms with Gasteiger partial charge in [-0.1, -0.05) is 54.1 Å². The summed E-state index contributed by atoms with van der Waals surface area (Å²) >= 11 is 0. The van der Waals surface area contributed by atoms with Gasteiger partial charge in [-0.05, 0) is 71.6 Å². The molecule has 8 heteroatoms. The van der Waals surface area contributed by atoms with Crippen LogP contribution in [0.3, 0.4) is 0 Å². The number of para-hydroxylation sites is 1. The van der Waals surface area contributed by atoms with E-state index in [-0.39, 0.29) is 17.9 Å². The quantitative estimate of drug-likeness (QED) is 0.255. The van der Waals surface area contributed by atoms with Crippen molar-refractivity contribution in [3.05, 3.63) is 119 Å². The third-order valence-corrected chi connectivity index (χ3v) is 8.30. The lowest BCUT2D eigenvalue weighted by Crippen LogP contribution is -2.12. The van der Waals surface area contributed by atoms with Gasteiger partial charge < -0.3 is 15.6 Å². The number of aromatic nitrogens is 1. The number of rotatable bonds is 9. The van der Waals surface area contributed by atoms with Crippen LogP contribution in [0.2, 0.25) is 0 Å². The Morgan fingerprint density at radius 3 is 2.44 bits per heavy atom. The molecule has 0 bridgehead atoms. The molecule has 0 atom stereocenters. The monoisotopic (exact) mass is 540 g/mol. The molecule has 0 unspecified atom stereocenters. The van der Waals surface area contributed by atoms with E-state index in [4.69, 9.17) is 10.5 Å². The molecule has 0 aliphatic carbocycles.